The van der Waals surface area contributed by atoms with E-state index in [1.165, 1.54) is 4.90 Å². The van der Waals surface area contributed by atoms with E-state index in [0.717, 1.165) is 5.56 Å². The van der Waals surface area contributed by atoms with E-state index < -0.39 is 24.4 Å². The van der Waals surface area contributed by atoms with Gasteiger partial charge < -0.3 is 10.8 Å². The van der Waals surface area contributed by atoms with Crippen LogP contribution < -0.4 is 5.73 Å². The van der Waals surface area contributed by atoms with Crippen molar-refractivity contribution in [1.82, 2.24) is 4.90 Å². The normalized spacial score (nSPS) is 26.1. The molecule has 1 fully saturated rings. The smallest absolute Gasteiger partial charge is 0.390 e. The minimum Gasteiger partial charge on any atom is -0.390 e. The summed E-state index contributed by atoms with van der Waals surface area (Å²) in [5.41, 5.74) is 6.94. The van der Waals surface area contributed by atoms with Gasteiger partial charge in [0, 0.05) is 18.6 Å². The number of aliphatic hydroxyl groups is 1. The summed E-state index contributed by atoms with van der Waals surface area (Å²) in [6.45, 7) is 1.72. The zero-order valence-corrected chi connectivity index (χ0v) is 12.6. The molecule has 1 heterocycles. The van der Waals surface area contributed by atoms with Crippen molar-refractivity contribution in [2.45, 2.75) is 56.6 Å². The van der Waals surface area contributed by atoms with E-state index in [-0.39, 0.29) is 19.0 Å². The summed E-state index contributed by atoms with van der Waals surface area (Å²) in [7, 11) is 0. The van der Waals surface area contributed by atoms with Crippen molar-refractivity contribution in [2.24, 2.45) is 5.73 Å². The maximum absolute atomic E-state index is 13.0. The number of nitrogens with two attached hydrogens (primary N) is 1. The van der Waals surface area contributed by atoms with E-state index in [1.54, 1.807) is 6.92 Å². The molecule has 0 aliphatic carbocycles. The van der Waals surface area contributed by atoms with Gasteiger partial charge in [0.05, 0.1) is 6.10 Å². The van der Waals surface area contributed by atoms with Crippen LogP contribution in [0.15, 0.2) is 30.3 Å². The van der Waals surface area contributed by atoms with Gasteiger partial charge in [0.2, 0.25) is 0 Å². The Morgan fingerprint density at radius 2 is 1.91 bits per heavy atom. The molecule has 124 valence electrons. The Kier molecular flexibility index (Phi) is 5.47. The Balaban J connectivity index is 1.96. The van der Waals surface area contributed by atoms with Crippen LogP contribution in [0.2, 0.25) is 0 Å². The first-order valence-electron chi connectivity index (χ1n) is 7.59. The Morgan fingerprint density at radius 3 is 2.50 bits per heavy atom. The van der Waals surface area contributed by atoms with E-state index in [9.17, 15) is 18.3 Å². The van der Waals surface area contributed by atoms with Crippen LogP contribution in [0.4, 0.5) is 13.2 Å². The molecule has 4 atom stereocenters. The molecule has 0 bridgehead atoms. The minimum atomic E-state index is -4.26. The highest BCUT2D eigenvalue weighted by atomic mass is 19.4. The van der Waals surface area contributed by atoms with Gasteiger partial charge in [-0.05, 0) is 31.7 Å². The van der Waals surface area contributed by atoms with E-state index in [0.29, 0.717) is 12.8 Å². The molecule has 1 saturated heterocycles. The van der Waals surface area contributed by atoms with Gasteiger partial charge >= 0.3 is 6.18 Å². The fourth-order valence-corrected chi connectivity index (χ4v) is 3.07. The van der Waals surface area contributed by atoms with Crippen LogP contribution in [-0.4, -0.2) is 47.0 Å². The molecule has 0 saturated carbocycles. The Bertz CT molecular complexity index is 466. The molecular formula is C16H23F3N2O. The van der Waals surface area contributed by atoms with Crippen molar-refractivity contribution in [3.8, 4) is 0 Å². The lowest BCUT2D eigenvalue weighted by atomic mass is 10.0. The standard InChI is InChI=1S/C16H23F3N2O/c1-11-7-8-15(16(17,18)19)21(11)10-14(22)13(20)9-12-5-3-2-4-6-12/h2-6,11,13-15,22H,7-10,20H2,1H3/t11-,13+,14-,15+/m1/s1. The maximum Gasteiger partial charge on any atom is 0.404 e. The van der Waals surface area contributed by atoms with Gasteiger partial charge in [-0.1, -0.05) is 30.3 Å². The van der Waals surface area contributed by atoms with Crippen LogP contribution in [0.5, 0.6) is 0 Å². The van der Waals surface area contributed by atoms with Crippen LogP contribution in [-0.2, 0) is 6.42 Å². The summed E-state index contributed by atoms with van der Waals surface area (Å²) < 4.78 is 39.1. The van der Waals surface area contributed by atoms with E-state index in [1.807, 2.05) is 30.3 Å². The number of hydrogen-bond acceptors (Lipinski definition) is 3. The first-order chi connectivity index (χ1) is 10.3. The van der Waals surface area contributed by atoms with E-state index >= 15 is 0 Å². The SMILES string of the molecule is C[C@@H]1CC[C@@H](C(F)(F)F)N1C[C@@H](O)[C@@H](N)Cc1ccccc1. The Labute approximate surface area is 128 Å². The number of likely N-dealkylation sites (tertiary alicyclic amines) is 1. The van der Waals surface area contributed by atoms with Gasteiger partial charge in [0.15, 0.2) is 0 Å². The lowest BCUT2D eigenvalue weighted by molar-refractivity contribution is -0.181. The van der Waals surface area contributed by atoms with Crippen molar-refractivity contribution < 1.29 is 18.3 Å². The molecule has 0 spiro atoms. The highest BCUT2D eigenvalue weighted by Gasteiger charge is 2.48. The molecule has 0 amide bonds. The molecule has 0 radical (unpaired) electrons. The van der Waals surface area contributed by atoms with Gasteiger partial charge in [0.1, 0.15) is 6.04 Å². The predicted molar refractivity (Wildman–Crippen MR) is 79.4 cm³/mol. The predicted octanol–water partition coefficient (Wildman–Crippen LogP) is 2.33. The third kappa shape index (κ3) is 4.21. The number of halogens is 3. The molecular weight excluding hydrogens is 293 g/mol. The van der Waals surface area contributed by atoms with Crippen molar-refractivity contribution in [3.05, 3.63) is 35.9 Å². The van der Waals surface area contributed by atoms with Crippen LogP contribution >= 0.6 is 0 Å². The molecule has 6 heteroatoms. The summed E-state index contributed by atoms with van der Waals surface area (Å²) in [6, 6.07) is 7.17. The molecule has 1 aliphatic heterocycles. The zero-order chi connectivity index (χ0) is 16.3. The summed E-state index contributed by atoms with van der Waals surface area (Å²) in [5, 5.41) is 10.2. The highest BCUT2D eigenvalue weighted by molar-refractivity contribution is 5.16. The van der Waals surface area contributed by atoms with Crippen molar-refractivity contribution >= 4 is 0 Å². The van der Waals surface area contributed by atoms with Crippen molar-refractivity contribution in [3.63, 3.8) is 0 Å². The quantitative estimate of drug-likeness (QED) is 0.876. The zero-order valence-electron chi connectivity index (χ0n) is 12.6. The monoisotopic (exact) mass is 316 g/mol. The second kappa shape index (κ2) is 6.98. The molecule has 3 nitrogen and oxygen atoms in total. The molecule has 1 aliphatic rings. The maximum atomic E-state index is 13.0. The second-order valence-electron chi connectivity index (χ2n) is 6.10. The molecule has 22 heavy (non-hydrogen) atoms. The van der Waals surface area contributed by atoms with Crippen molar-refractivity contribution in [1.29, 1.82) is 0 Å². The molecule has 0 aromatic heterocycles. The average molecular weight is 316 g/mol. The van der Waals surface area contributed by atoms with Gasteiger partial charge in [-0.25, -0.2) is 0 Å². The first kappa shape index (κ1) is 17.2. The lowest BCUT2D eigenvalue weighted by Gasteiger charge is -2.33. The number of rotatable bonds is 5. The van der Waals surface area contributed by atoms with E-state index in [2.05, 4.69) is 0 Å². The van der Waals surface area contributed by atoms with Crippen LogP contribution in [0.1, 0.15) is 25.3 Å². The fraction of sp³-hybridized carbons (Fsp3) is 0.625. The minimum absolute atomic E-state index is 0.0423. The lowest BCUT2D eigenvalue weighted by Crippen LogP contribution is -2.51. The largest absolute Gasteiger partial charge is 0.404 e. The molecule has 2 rings (SSSR count). The number of aliphatic hydroxyl groups excluding tert-OH is 1. The van der Waals surface area contributed by atoms with Gasteiger partial charge in [-0.3, -0.25) is 4.90 Å². The van der Waals surface area contributed by atoms with E-state index in [4.69, 9.17) is 5.73 Å². The Morgan fingerprint density at radius 1 is 1.27 bits per heavy atom. The second-order valence-corrected chi connectivity index (χ2v) is 6.10. The summed E-state index contributed by atoms with van der Waals surface area (Å²) >= 11 is 0. The van der Waals surface area contributed by atoms with Crippen molar-refractivity contribution in [2.75, 3.05) is 6.54 Å². The molecule has 0 unspecified atom stereocenters. The summed E-state index contributed by atoms with van der Waals surface area (Å²) in [6.07, 6.45) is -4.21. The first-order valence-corrected chi connectivity index (χ1v) is 7.59. The number of β-amino-alcohol motifs (C(OH)–C–C–N with tert-alkyl or cyclic N) is 1. The fourth-order valence-electron chi connectivity index (χ4n) is 3.07. The van der Waals surface area contributed by atoms with Crippen LogP contribution in [0.3, 0.4) is 0 Å². The summed E-state index contributed by atoms with van der Waals surface area (Å²) in [5.74, 6) is 0. The number of hydrogen-bond donors (Lipinski definition) is 2. The van der Waals surface area contributed by atoms with Gasteiger partial charge in [0.25, 0.3) is 0 Å². The van der Waals surface area contributed by atoms with Gasteiger partial charge in [-0.2, -0.15) is 13.2 Å². The average Bonchev–Trinajstić information content (AvgIpc) is 2.81. The molecule has 1 aromatic rings. The van der Waals surface area contributed by atoms with Crippen LogP contribution in [0.25, 0.3) is 0 Å². The number of benzene rings is 1. The third-order valence-corrected chi connectivity index (χ3v) is 4.41. The van der Waals surface area contributed by atoms with Gasteiger partial charge in [-0.15, -0.1) is 0 Å². The third-order valence-electron chi connectivity index (χ3n) is 4.41. The molecule has 3 N–H and O–H groups in total. The number of nitrogens with zero attached hydrogens (tertiary/aromatic N) is 1. The number of alkyl halides is 3. The Hall–Kier alpha value is -1.11. The van der Waals surface area contributed by atoms with Crippen LogP contribution in [0, 0.1) is 0 Å². The highest BCUT2D eigenvalue weighted by Crippen LogP contribution is 2.35. The summed E-state index contributed by atoms with van der Waals surface area (Å²) in [4.78, 5) is 1.34. The molecule has 1 aromatic carbocycles. The topological polar surface area (TPSA) is 49.5 Å².